The molecule has 0 aliphatic heterocycles. The Labute approximate surface area is 136 Å². The summed E-state index contributed by atoms with van der Waals surface area (Å²) in [5.74, 6) is -0.447. The summed E-state index contributed by atoms with van der Waals surface area (Å²) in [6, 6.07) is 6.24. The summed E-state index contributed by atoms with van der Waals surface area (Å²) in [6.07, 6.45) is 3.15. The minimum absolute atomic E-state index is 0.127. The standard InChI is InChI=1S/C17H23FN4O/c1-4-6-16-15(17(23)19-9-10-21(2)3)12-20-22(16)14-8-5-7-13(18)11-14/h5,7-8,11-12H,4,6,9-10H2,1-3H3,(H,19,23)/p+1. The molecule has 0 saturated carbocycles. The molecule has 0 aliphatic rings. The van der Waals surface area contributed by atoms with Crippen molar-refractivity contribution in [1.82, 2.24) is 15.1 Å². The summed E-state index contributed by atoms with van der Waals surface area (Å²) in [7, 11) is 4.08. The van der Waals surface area contributed by atoms with Crippen LogP contribution in [0.4, 0.5) is 4.39 Å². The van der Waals surface area contributed by atoms with Gasteiger partial charge in [-0.15, -0.1) is 0 Å². The maximum absolute atomic E-state index is 13.5. The number of carbonyl (C=O) groups is 1. The summed E-state index contributed by atoms with van der Waals surface area (Å²) in [5, 5.41) is 7.21. The monoisotopic (exact) mass is 319 g/mol. The fourth-order valence-corrected chi connectivity index (χ4v) is 2.39. The molecule has 0 fully saturated rings. The van der Waals surface area contributed by atoms with Crippen molar-refractivity contribution in [2.45, 2.75) is 19.8 Å². The Balaban J connectivity index is 2.25. The van der Waals surface area contributed by atoms with Crippen molar-refractivity contribution in [3.05, 3.63) is 47.5 Å². The molecule has 23 heavy (non-hydrogen) atoms. The van der Waals surface area contributed by atoms with Crippen LogP contribution in [-0.4, -0.2) is 42.9 Å². The van der Waals surface area contributed by atoms with E-state index in [1.54, 1.807) is 23.0 Å². The van der Waals surface area contributed by atoms with Gasteiger partial charge < -0.3 is 10.2 Å². The number of halogens is 1. The van der Waals surface area contributed by atoms with E-state index in [1.807, 2.05) is 21.0 Å². The molecule has 124 valence electrons. The van der Waals surface area contributed by atoms with E-state index in [9.17, 15) is 9.18 Å². The maximum atomic E-state index is 13.5. The lowest BCUT2D eigenvalue weighted by atomic mass is 10.1. The Morgan fingerprint density at radius 1 is 1.39 bits per heavy atom. The van der Waals surface area contributed by atoms with Gasteiger partial charge in [0.1, 0.15) is 5.82 Å². The van der Waals surface area contributed by atoms with Crippen molar-refractivity contribution < 1.29 is 14.1 Å². The van der Waals surface area contributed by atoms with Crippen LogP contribution in [0.5, 0.6) is 0 Å². The summed E-state index contributed by atoms with van der Waals surface area (Å²) in [5.41, 5.74) is 2.00. The van der Waals surface area contributed by atoms with Crippen LogP contribution in [0.1, 0.15) is 29.4 Å². The van der Waals surface area contributed by atoms with Crippen molar-refractivity contribution in [3.63, 3.8) is 0 Å². The quantitative estimate of drug-likeness (QED) is 0.794. The highest BCUT2D eigenvalue weighted by Crippen LogP contribution is 2.17. The fraction of sp³-hybridized carbons (Fsp3) is 0.412. The Morgan fingerprint density at radius 3 is 2.83 bits per heavy atom. The highest BCUT2D eigenvalue weighted by Gasteiger charge is 2.18. The Bertz CT molecular complexity index is 666. The number of aromatic nitrogens is 2. The van der Waals surface area contributed by atoms with Gasteiger partial charge in [-0.25, -0.2) is 9.07 Å². The molecule has 1 heterocycles. The zero-order valence-corrected chi connectivity index (χ0v) is 13.9. The van der Waals surface area contributed by atoms with Gasteiger partial charge in [0.05, 0.1) is 50.3 Å². The van der Waals surface area contributed by atoms with Crippen molar-refractivity contribution in [1.29, 1.82) is 0 Å². The number of rotatable bonds is 7. The van der Waals surface area contributed by atoms with Crippen LogP contribution in [0.15, 0.2) is 30.5 Å². The van der Waals surface area contributed by atoms with E-state index < -0.39 is 0 Å². The van der Waals surface area contributed by atoms with Gasteiger partial charge in [0.25, 0.3) is 5.91 Å². The smallest absolute Gasteiger partial charge is 0.254 e. The first-order valence-corrected chi connectivity index (χ1v) is 7.93. The zero-order valence-electron chi connectivity index (χ0n) is 13.9. The fourth-order valence-electron chi connectivity index (χ4n) is 2.39. The third kappa shape index (κ3) is 4.39. The molecular formula is C17H24FN4O+. The molecular weight excluding hydrogens is 295 g/mol. The summed E-state index contributed by atoms with van der Waals surface area (Å²) in [4.78, 5) is 13.7. The van der Waals surface area contributed by atoms with Crippen LogP contribution in [-0.2, 0) is 6.42 Å². The second-order valence-electron chi connectivity index (χ2n) is 5.86. The van der Waals surface area contributed by atoms with Gasteiger partial charge >= 0.3 is 0 Å². The van der Waals surface area contributed by atoms with Crippen molar-refractivity contribution >= 4 is 5.91 Å². The minimum Gasteiger partial charge on any atom is -0.346 e. The summed E-state index contributed by atoms with van der Waals surface area (Å²) in [6.45, 7) is 3.50. The van der Waals surface area contributed by atoms with Gasteiger partial charge in [-0.1, -0.05) is 19.4 Å². The first-order valence-electron chi connectivity index (χ1n) is 7.93. The SMILES string of the molecule is CCCc1c(C(=O)NCC[NH+](C)C)cnn1-c1cccc(F)c1. The molecule has 2 aromatic rings. The molecule has 0 atom stereocenters. The number of amides is 1. The summed E-state index contributed by atoms with van der Waals surface area (Å²) >= 11 is 0. The van der Waals surface area contributed by atoms with E-state index in [0.29, 0.717) is 24.2 Å². The molecule has 2 N–H and O–H groups in total. The molecule has 0 radical (unpaired) electrons. The highest BCUT2D eigenvalue weighted by atomic mass is 19.1. The normalized spacial score (nSPS) is 11.0. The van der Waals surface area contributed by atoms with Crippen LogP contribution in [0.2, 0.25) is 0 Å². The zero-order chi connectivity index (χ0) is 16.8. The molecule has 1 aromatic carbocycles. The lowest BCUT2D eigenvalue weighted by molar-refractivity contribution is -0.856. The second kappa shape index (κ2) is 7.87. The predicted octanol–water partition coefficient (Wildman–Crippen LogP) is 0.838. The van der Waals surface area contributed by atoms with E-state index in [1.165, 1.54) is 17.0 Å². The van der Waals surface area contributed by atoms with Gasteiger partial charge in [0.2, 0.25) is 0 Å². The molecule has 0 spiro atoms. The van der Waals surface area contributed by atoms with Gasteiger partial charge in [-0.2, -0.15) is 5.10 Å². The third-order valence-electron chi connectivity index (χ3n) is 3.56. The maximum Gasteiger partial charge on any atom is 0.254 e. The number of quaternary nitrogens is 1. The Morgan fingerprint density at radius 2 is 2.17 bits per heavy atom. The van der Waals surface area contributed by atoms with Crippen LogP contribution in [0, 0.1) is 5.82 Å². The Hall–Kier alpha value is -2.21. The van der Waals surface area contributed by atoms with Gasteiger partial charge in [0, 0.05) is 0 Å². The molecule has 6 heteroatoms. The van der Waals surface area contributed by atoms with Gasteiger partial charge in [-0.3, -0.25) is 4.79 Å². The molecule has 0 bridgehead atoms. The number of likely N-dealkylation sites (N-methyl/N-ethyl adjacent to an activating group) is 1. The average molecular weight is 319 g/mol. The lowest BCUT2D eigenvalue weighted by Crippen LogP contribution is -3.06. The molecule has 1 amide bonds. The van der Waals surface area contributed by atoms with Crippen molar-refractivity contribution in [2.24, 2.45) is 0 Å². The molecule has 2 rings (SSSR count). The number of carbonyl (C=O) groups excluding carboxylic acids is 1. The predicted molar refractivity (Wildman–Crippen MR) is 87.5 cm³/mol. The molecule has 0 aliphatic carbocycles. The first-order chi connectivity index (χ1) is 11.0. The molecule has 5 nitrogen and oxygen atoms in total. The van der Waals surface area contributed by atoms with Crippen molar-refractivity contribution in [3.8, 4) is 5.69 Å². The van der Waals surface area contributed by atoms with Gasteiger partial charge in [-0.05, 0) is 24.6 Å². The number of nitrogens with zero attached hydrogens (tertiary/aromatic N) is 2. The number of nitrogens with one attached hydrogen (secondary N) is 2. The number of hydrogen-bond acceptors (Lipinski definition) is 2. The lowest BCUT2D eigenvalue weighted by Gasteiger charge is -2.10. The van der Waals surface area contributed by atoms with E-state index in [4.69, 9.17) is 0 Å². The van der Waals surface area contributed by atoms with E-state index in [2.05, 4.69) is 10.4 Å². The van der Waals surface area contributed by atoms with E-state index in [0.717, 1.165) is 18.7 Å². The number of hydrogen-bond donors (Lipinski definition) is 2. The summed E-state index contributed by atoms with van der Waals surface area (Å²) < 4.78 is 15.1. The van der Waals surface area contributed by atoms with Crippen LogP contribution < -0.4 is 10.2 Å². The number of benzene rings is 1. The van der Waals surface area contributed by atoms with Crippen molar-refractivity contribution in [2.75, 3.05) is 27.2 Å². The van der Waals surface area contributed by atoms with Gasteiger partial charge in [0.15, 0.2) is 0 Å². The molecule has 1 aromatic heterocycles. The molecule has 0 unspecified atom stereocenters. The van der Waals surface area contributed by atoms with Crippen LogP contribution in [0.3, 0.4) is 0 Å². The Kier molecular flexibility index (Phi) is 5.87. The second-order valence-corrected chi connectivity index (χ2v) is 5.86. The average Bonchev–Trinajstić information content (AvgIpc) is 2.91. The van der Waals surface area contributed by atoms with Crippen LogP contribution >= 0.6 is 0 Å². The van der Waals surface area contributed by atoms with Crippen LogP contribution in [0.25, 0.3) is 5.69 Å². The third-order valence-corrected chi connectivity index (χ3v) is 3.56. The topological polar surface area (TPSA) is 51.4 Å². The molecule has 0 saturated heterocycles. The first kappa shape index (κ1) is 17.1. The largest absolute Gasteiger partial charge is 0.346 e. The van der Waals surface area contributed by atoms with E-state index in [-0.39, 0.29) is 11.7 Å². The minimum atomic E-state index is -0.319. The van der Waals surface area contributed by atoms with E-state index >= 15 is 0 Å². The highest BCUT2D eigenvalue weighted by molar-refractivity contribution is 5.95.